The summed E-state index contributed by atoms with van der Waals surface area (Å²) in [5, 5.41) is 6.68. The molecule has 0 aromatic heterocycles. The van der Waals surface area contributed by atoms with Gasteiger partial charge in [0.15, 0.2) is 5.96 Å². The van der Waals surface area contributed by atoms with Crippen molar-refractivity contribution in [3.05, 3.63) is 0 Å². The number of nitrogens with one attached hydrogen (secondary N) is 2. The topological polar surface area (TPSA) is 36.4 Å². The third kappa shape index (κ3) is 8.57. The molecule has 16 heavy (non-hydrogen) atoms. The summed E-state index contributed by atoms with van der Waals surface area (Å²) in [6, 6.07) is 0.503. The minimum absolute atomic E-state index is 0.503. The minimum Gasteiger partial charge on any atom is -0.357 e. The lowest BCUT2D eigenvalue weighted by molar-refractivity contribution is 0.491. The summed E-state index contributed by atoms with van der Waals surface area (Å²) in [6.45, 7) is 12.7. The molecule has 0 amide bonds. The van der Waals surface area contributed by atoms with Crippen LogP contribution in [0.2, 0.25) is 0 Å². The first kappa shape index (κ1) is 15.3. The van der Waals surface area contributed by atoms with Gasteiger partial charge in [-0.3, -0.25) is 4.99 Å². The Labute approximate surface area is 101 Å². The van der Waals surface area contributed by atoms with E-state index in [1.165, 1.54) is 19.3 Å². The second-order valence-corrected chi connectivity index (χ2v) is 4.72. The van der Waals surface area contributed by atoms with E-state index in [1.807, 2.05) is 0 Å². The van der Waals surface area contributed by atoms with Crippen molar-refractivity contribution in [2.45, 2.75) is 59.9 Å². The smallest absolute Gasteiger partial charge is 0.191 e. The van der Waals surface area contributed by atoms with Crippen molar-refractivity contribution >= 4 is 5.96 Å². The predicted octanol–water partition coefficient (Wildman–Crippen LogP) is 2.78. The third-order valence-corrected chi connectivity index (χ3v) is 2.46. The second-order valence-electron chi connectivity index (χ2n) is 4.72. The first-order valence-corrected chi connectivity index (χ1v) is 6.64. The normalized spacial score (nSPS) is 14.0. The van der Waals surface area contributed by atoms with Gasteiger partial charge in [-0.15, -0.1) is 0 Å². The Kier molecular flexibility index (Phi) is 9.06. The number of hydrogen-bond donors (Lipinski definition) is 2. The zero-order valence-electron chi connectivity index (χ0n) is 11.6. The highest BCUT2D eigenvalue weighted by molar-refractivity contribution is 5.79. The van der Waals surface area contributed by atoms with E-state index in [9.17, 15) is 0 Å². The first-order chi connectivity index (χ1) is 7.60. The molecule has 3 nitrogen and oxygen atoms in total. The van der Waals surface area contributed by atoms with Crippen molar-refractivity contribution in [3.8, 4) is 0 Å². The molecule has 0 heterocycles. The summed E-state index contributed by atoms with van der Waals surface area (Å²) >= 11 is 0. The Bertz CT molecular complexity index is 188. The number of guanidine groups is 1. The van der Waals surface area contributed by atoms with Crippen molar-refractivity contribution in [1.82, 2.24) is 10.6 Å². The lowest BCUT2D eigenvalue weighted by atomic mass is 10.0. The van der Waals surface area contributed by atoms with Crippen molar-refractivity contribution in [3.63, 3.8) is 0 Å². The van der Waals surface area contributed by atoms with Crippen LogP contribution in [0.3, 0.4) is 0 Å². The van der Waals surface area contributed by atoms with Crippen molar-refractivity contribution in [2.75, 3.05) is 13.1 Å². The number of aliphatic imine (C=N–C) groups is 1. The summed E-state index contributed by atoms with van der Waals surface area (Å²) in [7, 11) is 0. The average Bonchev–Trinajstić information content (AvgIpc) is 2.17. The highest BCUT2D eigenvalue weighted by Gasteiger charge is 2.04. The Morgan fingerprint density at radius 3 is 2.31 bits per heavy atom. The molecular weight excluding hydrogens is 198 g/mol. The highest BCUT2D eigenvalue weighted by Crippen LogP contribution is 2.07. The van der Waals surface area contributed by atoms with Crippen LogP contribution in [0.1, 0.15) is 53.9 Å². The van der Waals surface area contributed by atoms with E-state index in [-0.39, 0.29) is 0 Å². The quantitative estimate of drug-likeness (QED) is 0.518. The van der Waals surface area contributed by atoms with Gasteiger partial charge in [0.1, 0.15) is 0 Å². The van der Waals surface area contributed by atoms with Gasteiger partial charge in [0, 0.05) is 19.1 Å². The molecule has 0 saturated carbocycles. The van der Waals surface area contributed by atoms with Crippen LogP contribution in [0.25, 0.3) is 0 Å². The van der Waals surface area contributed by atoms with E-state index in [4.69, 9.17) is 0 Å². The lowest BCUT2D eigenvalue weighted by Crippen LogP contribution is -2.42. The predicted molar refractivity (Wildman–Crippen MR) is 72.9 cm³/mol. The molecule has 0 aliphatic carbocycles. The van der Waals surface area contributed by atoms with Gasteiger partial charge in [-0.1, -0.05) is 26.7 Å². The molecular formula is C13H29N3. The van der Waals surface area contributed by atoms with Crippen LogP contribution in [-0.4, -0.2) is 25.1 Å². The maximum Gasteiger partial charge on any atom is 0.191 e. The Balaban J connectivity index is 3.81. The molecule has 0 radical (unpaired) electrons. The molecule has 1 atom stereocenters. The van der Waals surface area contributed by atoms with Crippen LogP contribution in [0.4, 0.5) is 0 Å². The summed E-state index contributed by atoms with van der Waals surface area (Å²) in [5.41, 5.74) is 0. The SMILES string of the molecule is CCN=C(NCC)NC(C)CCCC(C)C. The van der Waals surface area contributed by atoms with Gasteiger partial charge in [0.05, 0.1) is 0 Å². The van der Waals surface area contributed by atoms with Crippen LogP contribution in [0.5, 0.6) is 0 Å². The van der Waals surface area contributed by atoms with Crippen LogP contribution >= 0.6 is 0 Å². The number of nitrogens with zero attached hydrogens (tertiary/aromatic N) is 1. The molecule has 0 rings (SSSR count). The largest absolute Gasteiger partial charge is 0.357 e. The van der Waals surface area contributed by atoms with E-state index >= 15 is 0 Å². The van der Waals surface area contributed by atoms with E-state index in [2.05, 4.69) is 50.2 Å². The molecule has 0 bridgehead atoms. The Hall–Kier alpha value is -0.730. The molecule has 0 aliphatic heterocycles. The van der Waals surface area contributed by atoms with Crippen LogP contribution in [-0.2, 0) is 0 Å². The van der Waals surface area contributed by atoms with Gasteiger partial charge in [-0.25, -0.2) is 0 Å². The van der Waals surface area contributed by atoms with Gasteiger partial charge < -0.3 is 10.6 Å². The number of hydrogen-bond acceptors (Lipinski definition) is 1. The zero-order chi connectivity index (χ0) is 12.4. The third-order valence-electron chi connectivity index (χ3n) is 2.46. The van der Waals surface area contributed by atoms with Gasteiger partial charge in [0.2, 0.25) is 0 Å². The van der Waals surface area contributed by atoms with Gasteiger partial charge >= 0.3 is 0 Å². The molecule has 0 saturated heterocycles. The molecule has 1 unspecified atom stereocenters. The van der Waals surface area contributed by atoms with Gasteiger partial charge in [-0.05, 0) is 33.1 Å². The van der Waals surface area contributed by atoms with Gasteiger partial charge in [-0.2, -0.15) is 0 Å². The summed E-state index contributed by atoms with van der Waals surface area (Å²) < 4.78 is 0. The van der Waals surface area contributed by atoms with E-state index < -0.39 is 0 Å². The Morgan fingerprint density at radius 2 is 1.81 bits per heavy atom. The molecule has 0 aromatic carbocycles. The van der Waals surface area contributed by atoms with Crippen molar-refractivity contribution in [2.24, 2.45) is 10.9 Å². The maximum atomic E-state index is 4.39. The zero-order valence-corrected chi connectivity index (χ0v) is 11.6. The molecule has 3 heteroatoms. The van der Waals surface area contributed by atoms with E-state index in [0.29, 0.717) is 6.04 Å². The molecule has 0 spiro atoms. The molecule has 96 valence electrons. The van der Waals surface area contributed by atoms with Crippen LogP contribution in [0.15, 0.2) is 4.99 Å². The fourth-order valence-electron chi connectivity index (χ4n) is 1.62. The maximum absolute atomic E-state index is 4.39. The molecule has 2 N–H and O–H groups in total. The minimum atomic E-state index is 0.503. The average molecular weight is 227 g/mol. The van der Waals surface area contributed by atoms with Crippen LogP contribution in [0, 0.1) is 5.92 Å². The van der Waals surface area contributed by atoms with Crippen molar-refractivity contribution in [1.29, 1.82) is 0 Å². The standard InChI is InChI=1S/C13H29N3/c1-6-14-13(15-7-2)16-12(5)10-8-9-11(3)4/h11-12H,6-10H2,1-5H3,(H2,14,15,16). The second kappa shape index (κ2) is 9.49. The van der Waals surface area contributed by atoms with Gasteiger partial charge in [0.25, 0.3) is 0 Å². The fraction of sp³-hybridized carbons (Fsp3) is 0.923. The molecule has 0 aliphatic rings. The van der Waals surface area contributed by atoms with E-state index in [0.717, 1.165) is 25.0 Å². The first-order valence-electron chi connectivity index (χ1n) is 6.64. The summed E-state index contributed by atoms with van der Waals surface area (Å²) in [5.74, 6) is 1.76. The van der Waals surface area contributed by atoms with E-state index in [1.54, 1.807) is 0 Å². The number of rotatable bonds is 7. The monoisotopic (exact) mass is 227 g/mol. The summed E-state index contributed by atoms with van der Waals surface area (Å²) in [6.07, 6.45) is 3.82. The Morgan fingerprint density at radius 1 is 1.12 bits per heavy atom. The molecule has 0 fully saturated rings. The fourth-order valence-corrected chi connectivity index (χ4v) is 1.62. The van der Waals surface area contributed by atoms with Crippen molar-refractivity contribution < 1.29 is 0 Å². The summed E-state index contributed by atoms with van der Waals surface area (Å²) in [4.78, 5) is 4.39. The van der Waals surface area contributed by atoms with Crippen LogP contribution < -0.4 is 10.6 Å². The lowest BCUT2D eigenvalue weighted by Gasteiger charge is -2.17. The highest BCUT2D eigenvalue weighted by atomic mass is 15.2. The molecule has 0 aromatic rings.